The van der Waals surface area contributed by atoms with Gasteiger partial charge in [-0.05, 0) is 30.3 Å². The number of rotatable bonds is 8. The fourth-order valence-electron chi connectivity index (χ4n) is 4.17. The van der Waals surface area contributed by atoms with Crippen LogP contribution in [0.2, 0.25) is 10.0 Å². The van der Waals surface area contributed by atoms with Crippen LogP contribution >= 0.6 is 23.2 Å². The third kappa shape index (κ3) is 6.16. The van der Waals surface area contributed by atoms with Crippen LogP contribution in [0.25, 0.3) is 0 Å². The van der Waals surface area contributed by atoms with Crippen LogP contribution in [0.5, 0.6) is 0 Å². The van der Waals surface area contributed by atoms with Gasteiger partial charge in [0.2, 0.25) is 10.0 Å². The van der Waals surface area contributed by atoms with E-state index in [0.29, 0.717) is 43.6 Å². The Balaban J connectivity index is 1.41. The van der Waals surface area contributed by atoms with E-state index in [-0.39, 0.29) is 28.7 Å². The molecule has 0 unspecified atom stereocenters. The van der Waals surface area contributed by atoms with Gasteiger partial charge in [-0.1, -0.05) is 23.2 Å². The molecule has 2 aromatic carbocycles. The molecule has 190 valence electrons. The number of hydrogen-bond acceptors (Lipinski definition) is 8. The highest BCUT2D eigenvalue weighted by molar-refractivity contribution is 7.89. The number of hydrogen-bond donors (Lipinski definition) is 1. The number of nitrogens with one attached hydrogen (secondary N) is 1. The first kappa shape index (κ1) is 25.9. The molecule has 35 heavy (non-hydrogen) atoms. The van der Waals surface area contributed by atoms with Crippen molar-refractivity contribution in [2.24, 2.45) is 0 Å². The van der Waals surface area contributed by atoms with Crippen LogP contribution in [0.3, 0.4) is 0 Å². The zero-order valence-corrected chi connectivity index (χ0v) is 21.4. The molecule has 2 aliphatic rings. The molecule has 2 heterocycles. The number of benzene rings is 2. The maximum atomic E-state index is 13.0. The second kappa shape index (κ2) is 11.3. The van der Waals surface area contributed by atoms with Gasteiger partial charge >= 0.3 is 0 Å². The summed E-state index contributed by atoms with van der Waals surface area (Å²) in [7, 11) is -3.71. The predicted molar refractivity (Wildman–Crippen MR) is 136 cm³/mol. The first-order valence-corrected chi connectivity index (χ1v) is 13.5. The molecule has 2 saturated heterocycles. The predicted octanol–water partition coefficient (Wildman–Crippen LogP) is 3.16. The van der Waals surface area contributed by atoms with Crippen molar-refractivity contribution >= 4 is 50.3 Å². The second-order valence-corrected chi connectivity index (χ2v) is 11.1. The van der Waals surface area contributed by atoms with Gasteiger partial charge in [0, 0.05) is 64.1 Å². The van der Waals surface area contributed by atoms with Crippen LogP contribution in [0.1, 0.15) is 0 Å². The van der Waals surface area contributed by atoms with Gasteiger partial charge in [0.1, 0.15) is 5.69 Å². The summed E-state index contributed by atoms with van der Waals surface area (Å²) in [6.45, 7) is 5.87. The maximum Gasteiger partial charge on any atom is 0.292 e. The summed E-state index contributed by atoms with van der Waals surface area (Å²) in [5.41, 5.74) is 1.26. The van der Waals surface area contributed by atoms with E-state index in [0.717, 1.165) is 25.3 Å². The minimum atomic E-state index is -3.71. The summed E-state index contributed by atoms with van der Waals surface area (Å²) < 4.78 is 32.8. The van der Waals surface area contributed by atoms with Crippen molar-refractivity contribution in [1.29, 1.82) is 0 Å². The van der Waals surface area contributed by atoms with Gasteiger partial charge in [0.15, 0.2) is 0 Å². The summed E-state index contributed by atoms with van der Waals surface area (Å²) in [6, 6.07) is 9.23. The van der Waals surface area contributed by atoms with Gasteiger partial charge in [-0.25, -0.2) is 8.42 Å². The van der Waals surface area contributed by atoms with E-state index in [9.17, 15) is 18.5 Å². The number of anilines is 2. The number of nitrogens with zero attached hydrogens (tertiary/aromatic N) is 4. The Morgan fingerprint density at radius 3 is 2.34 bits per heavy atom. The summed E-state index contributed by atoms with van der Waals surface area (Å²) in [6.07, 6.45) is 0. The SMILES string of the molecule is O=[N+]([O-])c1ccc(N2CCN(S(=O)(=O)c3ccc(Cl)c(Cl)c3)CC2)cc1NCCN1CCOCC1. The molecule has 10 nitrogen and oxygen atoms in total. The Kier molecular flexibility index (Phi) is 8.35. The number of ether oxygens (including phenoxy) is 1. The number of piperazine rings is 1. The standard InChI is InChI=1S/C22H27Cl2N5O5S/c23-19-3-2-18(16-20(19)24)35(32,33)28-9-7-27(8-10-28)17-1-4-22(29(30)31)21(15-17)25-5-6-26-11-13-34-14-12-26/h1-4,15-16,25H,5-14H2. The van der Waals surface area contributed by atoms with Crippen molar-refractivity contribution in [3.8, 4) is 0 Å². The number of halogens is 2. The molecule has 0 spiro atoms. The van der Waals surface area contributed by atoms with Crippen LogP contribution in [0, 0.1) is 10.1 Å². The average Bonchev–Trinajstić information content (AvgIpc) is 2.86. The van der Waals surface area contributed by atoms with Crippen LogP contribution in [0.4, 0.5) is 17.1 Å². The lowest BCUT2D eigenvalue weighted by atomic mass is 10.2. The fraction of sp³-hybridized carbons (Fsp3) is 0.455. The van der Waals surface area contributed by atoms with E-state index in [1.807, 2.05) is 4.90 Å². The summed E-state index contributed by atoms with van der Waals surface area (Å²) >= 11 is 11.9. The van der Waals surface area contributed by atoms with Gasteiger partial charge in [-0.2, -0.15) is 4.31 Å². The number of morpholine rings is 1. The Bertz CT molecular complexity index is 1170. The van der Waals surface area contributed by atoms with Crippen LogP contribution < -0.4 is 10.2 Å². The average molecular weight is 544 g/mol. The smallest absolute Gasteiger partial charge is 0.292 e. The van der Waals surface area contributed by atoms with Gasteiger partial charge < -0.3 is 15.0 Å². The molecule has 2 aliphatic heterocycles. The highest BCUT2D eigenvalue weighted by atomic mass is 35.5. The van der Waals surface area contributed by atoms with Crippen LogP contribution in [-0.2, 0) is 14.8 Å². The molecule has 13 heteroatoms. The molecule has 0 radical (unpaired) electrons. The molecular formula is C22H27Cl2N5O5S. The second-order valence-electron chi connectivity index (χ2n) is 8.31. The molecule has 0 amide bonds. The molecular weight excluding hydrogens is 517 g/mol. The molecule has 2 fully saturated rings. The molecule has 0 aliphatic carbocycles. The first-order chi connectivity index (χ1) is 16.8. The lowest BCUT2D eigenvalue weighted by Crippen LogP contribution is -2.48. The number of nitro benzene ring substituents is 1. The van der Waals surface area contributed by atoms with Gasteiger partial charge in [0.05, 0.1) is 33.1 Å². The molecule has 1 N–H and O–H groups in total. The molecule has 0 bridgehead atoms. The van der Waals surface area contributed by atoms with E-state index < -0.39 is 14.9 Å². The molecule has 2 aromatic rings. The van der Waals surface area contributed by atoms with Crippen molar-refractivity contribution in [2.45, 2.75) is 4.90 Å². The summed E-state index contributed by atoms with van der Waals surface area (Å²) in [5.74, 6) is 0. The third-order valence-electron chi connectivity index (χ3n) is 6.16. The minimum absolute atomic E-state index is 0.0107. The molecule has 4 rings (SSSR count). The Labute approximate surface area is 214 Å². The number of sulfonamides is 1. The van der Waals surface area contributed by atoms with E-state index in [1.54, 1.807) is 12.1 Å². The topological polar surface area (TPSA) is 108 Å². The fourth-order valence-corrected chi connectivity index (χ4v) is 5.98. The Hall–Kier alpha value is -2.15. The number of nitro groups is 1. The quantitative estimate of drug-likeness (QED) is 0.399. The van der Waals surface area contributed by atoms with Crippen molar-refractivity contribution in [3.63, 3.8) is 0 Å². The molecule has 0 saturated carbocycles. The largest absolute Gasteiger partial charge is 0.379 e. The zero-order valence-electron chi connectivity index (χ0n) is 19.0. The summed E-state index contributed by atoms with van der Waals surface area (Å²) in [4.78, 5) is 15.5. The van der Waals surface area contributed by atoms with Gasteiger partial charge in [-0.15, -0.1) is 0 Å². The van der Waals surface area contributed by atoms with E-state index >= 15 is 0 Å². The molecule has 0 aromatic heterocycles. The van der Waals surface area contributed by atoms with Crippen molar-refractivity contribution in [2.75, 3.05) is 75.8 Å². The third-order valence-corrected chi connectivity index (χ3v) is 8.79. The van der Waals surface area contributed by atoms with Crippen molar-refractivity contribution < 1.29 is 18.1 Å². The summed E-state index contributed by atoms with van der Waals surface area (Å²) in [5, 5.41) is 15.2. The molecule has 0 atom stereocenters. The highest BCUT2D eigenvalue weighted by Crippen LogP contribution is 2.31. The van der Waals surface area contributed by atoms with E-state index in [4.69, 9.17) is 27.9 Å². The zero-order chi connectivity index (χ0) is 25.0. The lowest BCUT2D eigenvalue weighted by Gasteiger charge is -2.35. The normalized spacial score (nSPS) is 17.9. The van der Waals surface area contributed by atoms with Crippen LogP contribution in [-0.4, -0.2) is 88.1 Å². The Morgan fingerprint density at radius 2 is 1.69 bits per heavy atom. The minimum Gasteiger partial charge on any atom is -0.379 e. The highest BCUT2D eigenvalue weighted by Gasteiger charge is 2.29. The van der Waals surface area contributed by atoms with Crippen LogP contribution in [0.15, 0.2) is 41.3 Å². The van der Waals surface area contributed by atoms with Crippen molar-refractivity contribution in [1.82, 2.24) is 9.21 Å². The van der Waals surface area contributed by atoms with E-state index in [1.165, 1.54) is 28.6 Å². The van der Waals surface area contributed by atoms with E-state index in [2.05, 4.69) is 10.2 Å². The van der Waals surface area contributed by atoms with Gasteiger partial charge in [-0.3, -0.25) is 15.0 Å². The lowest BCUT2D eigenvalue weighted by molar-refractivity contribution is -0.383. The maximum absolute atomic E-state index is 13.0. The monoisotopic (exact) mass is 543 g/mol. The first-order valence-electron chi connectivity index (χ1n) is 11.3. The Morgan fingerprint density at radius 1 is 0.971 bits per heavy atom. The van der Waals surface area contributed by atoms with Gasteiger partial charge in [0.25, 0.3) is 5.69 Å². The van der Waals surface area contributed by atoms with Crippen molar-refractivity contribution in [3.05, 3.63) is 56.6 Å².